The van der Waals surface area contributed by atoms with Crippen LogP contribution in [0.5, 0.6) is 0 Å². The predicted molar refractivity (Wildman–Crippen MR) is 106 cm³/mol. The maximum Gasteiger partial charge on any atom is 0.233 e. The van der Waals surface area contributed by atoms with E-state index in [1.54, 1.807) is 11.3 Å². The van der Waals surface area contributed by atoms with Crippen molar-refractivity contribution in [2.45, 2.75) is 5.16 Å². The number of nitrogens with one attached hydrogen (secondary N) is 1. The van der Waals surface area contributed by atoms with Crippen molar-refractivity contribution in [3.05, 3.63) is 47.8 Å². The van der Waals surface area contributed by atoms with Crippen LogP contribution in [-0.2, 0) is 4.79 Å². The Bertz CT molecular complexity index is 842. The minimum Gasteiger partial charge on any atom is -0.368 e. The number of para-hydroxylation sites is 1. The number of thiophene rings is 1. The van der Waals surface area contributed by atoms with E-state index in [1.165, 1.54) is 17.4 Å². The third-order valence-corrected chi connectivity index (χ3v) is 6.01. The first-order valence-electron chi connectivity index (χ1n) is 8.46. The molecule has 134 valence electrons. The van der Waals surface area contributed by atoms with E-state index in [1.807, 2.05) is 40.6 Å². The second kappa shape index (κ2) is 7.92. The molecule has 26 heavy (non-hydrogen) atoms. The number of carbonyl (C=O) groups is 1. The highest BCUT2D eigenvalue weighted by Crippen LogP contribution is 2.23. The molecular formula is C18H19N5OS2. The highest BCUT2D eigenvalue weighted by atomic mass is 32.2. The van der Waals surface area contributed by atoms with Crippen LogP contribution in [0.2, 0.25) is 0 Å². The zero-order valence-corrected chi connectivity index (χ0v) is 15.8. The van der Waals surface area contributed by atoms with Crippen molar-refractivity contribution in [1.29, 1.82) is 0 Å². The molecule has 3 heterocycles. The Hall–Kier alpha value is -2.32. The van der Waals surface area contributed by atoms with Crippen LogP contribution in [0.4, 0.5) is 5.69 Å². The van der Waals surface area contributed by atoms with Crippen LogP contribution in [0.3, 0.4) is 0 Å². The fourth-order valence-electron chi connectivity index (χ4n) is 2.90. The molecule has 1 aromatic carbocycles. The lowest BCUT2D eigenvalue weighted by Gasteiger charge is -2.36. The van der Waals surface area contributed by atoms with Crippen molar-refractivity contribution in [3.63, 3.8) is 0 Å². The van der Waals surface area contributed by atoms with Crippen molar-refractivity contribution in [1.82, 2.24) is 20.1 Å². The summed E-state index contributed by atoms with van der Waals surface area (Å²) in [4.78, 5) is 22.2. The van der Waals surface area contributed by atoms with Crippen molar-refractivity contribution < 1.29 is 4.79 Å². The van der Waals surface area contributed by atoms with Gasteiger partial charge in [-0.05, 0) is 23.6 Å². The molecule has 6 nitrogen and oxygen atoms in total. The molecular weight excluding hydrogens is 366 g/mol. The molecule has 0 radical (unpaired) electrons. The Morgan fingerprint density at radius 2 is 1.92 bits per heavy atom. The molecule has 8 heteroatoms. The number of aromatic nitrogens is 3. The first-order valence-corrected chi connectivity index (χ1v) is 10.3. The van der Waals surface area contributed by atoms with E-state index in [-0.39, 0.29) is 5.91 Å². The van der Waals surface area contributed by atoms with Crippen LogP contribution in [0.25, 0.3) is 10.7 Å². The second-order valence-corrected chi connectivity index (χ2v) is 7.83. The number of aromatic amines is 1. The SMILES string of the molecule is O=C(CSc1n[nH]c(-c2cccs2)n1)N1CCN(c2ccccc2)CC1. The van der Waals surface area contributed by atoms with Crippen molar-refractivity contribution in [2.75, 3.05) is 36.8 Å². The predicted octanol–water partition coefficient (Wildman–Crippen LogP) is 2.97. The summed E-state index contributed by atoms with van der Waals surface area (Å²) in [6, 6.07) is 14.3. The number of thioether (sulfide) groups is 1. The summed E-state index contributed by atoms with van der Waals surface area (Å²) >= 11 is 3.00. The summed E-state index contributed by atoms with van der Waals surface area (Å²) in [6.07, 6.45) is 0. The molecule has 0 aliphatic carbocycles. The number of benzene rings is 1. The van der Waals surface area contributed by atoms with Gasteiger partial charge in [-0.25, -0.2) is 4.98 Å². The molecule has 1 N–H and O–H groups in total. The van der Waals surface area contributed by atoms with Gasteiger partial charge in [-0.3, -0.25) is 9.89 Å². The minimum absolute atomic E-state index is 0.144. The van der Waals surface area contributed by atoms with Gasteiger partial charge in [0.25, 0.3) is 0 Å². The molecule has 0 bridgehead atoms. The average Bonchev–Trinajstić information content (AvgIpc) is 3.38. The highest BCUT2D eigenvalue weighted by molar-refractivity contribution is 7.99. The van der Waals surface area contributed by atoms with Crippen LogP contribution in [-0.4, -0.2) is 57.9 Å². The molecule has 0 saturated carbocycles. The lowest BCUT2D eigenvalue weighted by molar-refractivity contribution is -0.128. The van der Waals surface area contributed by atoms with Gasteiger partial charge in [0, 0.05) is 31.9 Å². The van der Waals surface area contributed by atoms with E-state index in [9.17, 15) is 4.79 Å². The zero-order chi connectivity index (χ0) is 17.8. The van der Waals surface area contributed by atoms with Gasteiger partial charge in [-0.1, -0.05) is 36.0 Å². The van der Waals surface area contributed by atoms with Crippen LogP contribution >= 0.6 is 23.1 Å². The fourth-order valence-corrected chi connectivity index (χ4v) is 4.27. The van der Waals surface area contributed by atoms with Gasteiger partial charge in [0.05, 0.1) is 10.6 Å². The maximum atomic E-state index is 12.5. The van der Waals surface area contributed by atoms with E-state index in [4.69, 9.17) is 0 Å². The first kappa shape index (κ1) is 17.1. The lowest BCUT2D eigenvalue weighted by atomic mass is 10.2. The van der Waals surface area contributed by atoms with Crippen LogP contribution in [0.1, 0.15) is 0 Å². The molecule has 0 atom stereocenters. The van der Waals surface area contributed by atoms with Gasteiger partial charge in [-0.15, -0.1) is 16.4 Å². The second-order valence-electron chi connectivity index (χ2n) is 5.94. The summed E-state index contributed by atoms with van der Waals surface area (Å²) < 4.78 is 0. The average molecular weight is 386 g/mol. The van der Waals surface area contributed by atoms with Gasteiger partial charge < -0.3 is 9.80 Å². The number of carbonyl (C=O) groups excluding carboxylic acids is 1. The first-order chi connectivity index (χ1) is 12.8. The molecule has 0 spiro atoms. The minimum atomic E-state index is 0.144. The summed E-state index contributed by atoms with van der Waals surface area (Å²) in [5.41, 5.74) is 1.22. The number of H-pyrrole nitrogens is 1. The number of piperazine rings is 1. The molecule has 1 aliphatic heterocycles. The van der Waals surface area contributed by atoms with E-state index in [0.717, 1.165) is 36.9 Å². The smallest absolute Gasteiger partial charge is 0.233 e. The fraction of sp³-hybridized carbons (Fsp3) is 0.278. The quantitative estimate of drug-likeness (QED) is 0.684. The molecule has 1 aliphatic rings. The number of hydrogen-bond donors (Lipinski definition) is 1. The van der Waals surface area contributed by atoms with Gasteiger partial charge in [0.2, 0.25) is 11.1 Å². The third-order valence-electron chi connectivity index (χ3n) is 4.30. The van der Waals surface area contributed by atoms with Gasteiger partial charge >= 0.3 is 0 Å². The molecule has 1 saturated heterocycles. The Balaban J connectivity index is 1.27. The summed E-state index contributed by atoms with van der Waals surface area (Å²) in [6.45, 7) is 3.23. The molecule has 3 aromatic rings. The lowest BCUT2D eigenvalue weighted by Crippen LogP contribution is -2.49. The Labute approximate surface area is 160 Å². The zero-order valence-electron chi connectivity index (χ0n) is 14.2. The Kier molecular flexibility index (Phi) is 5.21. The monoisotopic (exact) mass is 385 g/mol. The topological polar surface area (TPSA) is 65.1 Å². The largest absolute Gasteiger partial charge is 0.368 e. The number of nitrogens with zero attached hydrogens (tertiary/aromatic N) is 4. The van der Waals surface area contributed by atoms with Crippen LogP contribution in [0, 0.1) is 0 Å². The molecule has 4 rings (SSSR count). The third kappa shape index (κ3) is 3.91. The summed E-state index contributed by atoms with van der Waals surface area (Å²) in [7, 11) is 0. The highest BCUT2D eigenvalue weighted by Gasteiger charge is 2.21. The molecule has 1 fully saturated rings. The van der Waals surface area contributed by atoms with E-state index >= 15 is 0 Å². The summed E-state index contributed by atoms with van der Waals surface area (Å²) in [5, 5.41) is 9.75. The van der Waals surface area contributed by atoms with E-state index in [0.29, 0.717) is 10.9 Å². The molecule has 1 amide bonds. The molecule has 0 unspecified atom stereocenters. The normalized spacial score (nSPS) is 14.6. The Morgan fingerprint density at radius 3 is 2.65 bits per heavy atom. The van der Waals surface area contributed by atoms with Crippen molar-refractivity contribution in [3.8, 4) is 10.7 Å². The van der Waals surface area contributed by atoms with Gasteiger partial charge in [0.15, 0.2) is 5.82 Å². The number of anilines is 1. The van der Waals surface area contributed by atoms with E-state index in [2.05, 4.69) is 32.2 Å². The number of rotatable bonds is 5. The van der Waals surface area contributed by atoms with Crippen LogP contribution < -0.4 is 4.90 Å². The maximum absolute atomic E-state index is 12.5. The summed E-state index contributed by atoms with van der Waals surface area (Å²) in [5.74, 6) is 1.27. The number of amides is 1. The standard InChI is InChI=1S/C18H19N5OS2/c24-16(13-26-18-19-17(20-21-18)15-7-4-12-25-15)23-10-8-22(9-11-23)14-5-2-1-3-6-14/h1-7,12H,8-11,13H2,(H,19,20,21). The van der Waals surface area contributed by atoms with Crippen molar-refractivity contribution >= 4 is 34.7 Å². The van der Waals surface area contributed by atoms with Crippen LogP contribution in [0.15, 0.2) is 53.0 Å². The van der Waals surface area contributed by atoms with Gasteiger partial charge in [0.1, 0.15) is 0 Å². The van der Waals surface area contributed by atoms with Crippen molar-refractivity contribution in [2.24, 2.45) is 0 Å². The molecule has 2 aromatic heterocycles. The number of hydrogen-bond acceptors (Lipinski definition) is 6. The van der Waals surface area contributed by atoms with E-state index < -0.39 is 0 Å². The van der Waals surface area contributed by atoms with Gasteiger partial charge in [-0.2, -0.15) is 0 Å². The Morgan fingerprint density at radius 1 is 1.12 bits per heavy atom.